The van der Waals surface area contributed by atoms with Crippen molar-refractivity contribution in [2.24, 2.45) is 10.3 Å². The van der Waals surface area contributed by atoms with Crippen LogP contribution in [0.1, 0.15) is 119 Å². The van der Waals surface area contributed by atoms with Crippen LogP contribution in [0.25, 0.3) is 55.0 Å². The normalized spacial score (nSPS) is 12.1. The third kappa shape index (κ3) is 10.3. The highest BCUT2D eigenvalue weighted by Crippen LogP contribution is 2.36. The molecular formula is C62H54N4O6S2. The van der Waals surface area contributed by atoms with E-state index in [1.54, 1.807) is 0 Å². The summed E-state index contributed by atoms with van der Waals surface area (Å²) in [6.45, 7) is 6.98. The molecule has 12 heteroatoms. The minimum Gasteiger partial charge on any atom is -0.318 e. The Kier molecular flexibility index (Phi) is 14.7. The standard InChI is InChI=1S/C62H54N4O6S2/c1-5-41-17-29-55-49(35-41)51-37-45(61(69)59-15-11-33-73-59)23-31-57(51)65(55)47-25-19-43(20-26-47)53(63-71-39(3)67)13-9-7-8-10-14-54(64-72-40(4)68)44-21-27-48(28-22-44)66-56-30-18-42(6-2)36-50(56)52-38-46(24-32-58(52)66)62(70)60-16-12-34-74-60/h11-12,15-38H,5-10,13-14H2,1-4H3/b63-53-,64-54+. The average Bonchev–Trinajstić information content (AvgIpc) is 4.28. The van der Waals surface area contributed by atoms with E-state index in [-0.39, 0.29) is 11.6 Å². The first kappa shape index (κ1) is 49.5. The summed E-state index contributed by atoms with van der Waals surface area (Å²) in [6.07, 6.45) is 6.33. The molecule has 0 saturated heterocycles. The van der Waals surface area contributed by atoms with Crippen LogP contribution < -0.4 is 0 Å². The molecule has 6 aromatic carbocycles. The molecule has 0 radical (unpaired) electrons. The minimum absolute atomic E-state index is 0.0156. The Morgan fingerprint density at radius 2 is 0.811 bits per heavy atom. The maximum atomic E-state index is 13.4. The van der Waals surface area contributed by atoms with Crippen molar-refractivity contribution < 1.29 is 28.9 Å². The number of nitrogens with zero attached hydrogens (tertiary/aromatic N) is 4. The first-order valence-electron chi connectivity index (χ1n) is 25.1. The quantitative estimate of drug-likeness (QED) is 0.0261. The van der Waals surface area contributed by atoms with Crippen LogP contribution >= 0.6 is 22.7 Å². The number of benzene rings is 6. The van der Waals surface area contributed by atoms with Gasteiger partial charge in [0, 0.05) is 57.9 Å². The van der Waals surface area contributed by atoms with Crippen molar-refractivity contribution in [2.45, 2.75) is 79.1 Å². The predicted octanol–water partition coefficient (Wildman–Crippen LogP) is 15.2. The van der Waals surface area contributed by atoms with Crippen molar-refractivity contribution in [3.63, 3.8) is 0 Å². The second-order valence-corrected chi connectivity index (χ2v) is 20.3. The molecule has 10 nitrogen and oxygen atoms in total. The van der Waals surface area contributed by atoms with E-state index in [4.69, 9.17) is 9.68 Å². The first-order valence-corrected chi connectivity index (χ1v) is 26.9. The summed E-state index contributed by atoms with van der Waals surface area (Å²) >= 11 is 2.89. The maximum Gasteiger partial charge on any atom is 0.331 e. The molecule has 0 aliphatic carbocycles. The largest absolute Gasteiger partial charge is 0.331 e. The maximum absolute atomic E-state index is 13.4. The number of aromatic nitrogens is 2. The van der Waals surface area contributed by atoms with E-state index in [9.17, 15) is 19.2 Å². The van der Waals surface area contributed by atoms with Crippen LogP contribution in [-0.2, 0) is 32.1 Å². The van der Waals surface area contributed by atoms with Gasteiger partial charge in [0.25, 0.3) is 0 Å². The Hall–Kier alpha value is -8.06. The second kappa shape index (κ2) is 22.0. The zero-order valence-electron chi connectivity index (χ0n) is 41.7. The lowest BCUT2D eigenvalue weighted by molar-refractivity contribution is -0.141. The number of carbonyl (C=O) groups is 4. The van der Waals surface area contributed by atoms with Gasteiger partial charge in [-0.2, -0.15) is 0 Å². The highest BCUT2D eigenvalue weighted by atomic mass is 32.1. The fourth-order valence-corrected chi connectivity index (χ4v) is 11.2. The van der Waals surface area contributed by atoms with Gasteiger partial charge in [-0.25, -0.2) is 9.59 Å². The van der Waals surface area contributed by atoms with Crippen molar-refractivity contribution in [1.82, 2.24) is 9.13 Å². The highest BCUT2D eigenvalue weighted by Gasteiger charge is 2.20. The summed E-state index contributed by atoms with van der Waals surface area (Å²) < 4.78 is 4.45. The number of ketones is 2. The van der Waals surface area contributed by atoms with E-state index in [1.807, 2.05) is 95.7 Å². The van der Waals surface area contributed by atoms with Crippen molar-refractivity contribution >= 4 is 101 Å². The molecule has 0 saturated carbocycles. The molecule has 10 aromatic rings. The first-order chi connectivity index (χ1) is 36.1. The molecule has 0 atom stereocenters. The zero-order chi connectivity index (χ0) is 51.3. The van der Waals surface area contributed by atoms with Crippen LogP contribution in [-0.4, -0.2) is 44.1 Å². The van der Waals surface area contributed by atoms with Crippen LogP contribution in [0.2, 0.25) is 0 Å². The predicted molar refractivity (Wildman–Crippen MR) is 300 cm³/mol. The van der Waals surface area contributed by atoms with Crippen LogP contribution in [0.3, 0.4) is 0 Å². The number of hydrogen-bond donors (Lipinski definition) is 0. The topological polar surface area (TPSA) is 121 Å². The van der Waals surface area contributed by atoms with Crippen molar-refractivity contribution in [1.29, 1.82) is 0 Å². The number of thiophene rings is 2. The fraction of sp³-hybridized carbons (Fsp3) is 0.194. The van der Waals surface area contributed by atoms with Gasteiger partial charge in [-0.15, -0.1) is 22.7 Å². The molecule has 0 bridgehead atoms. The van der Waals surface area contributed by atoms with E-state index in [0.29, 0.717) is 45.1 Å². The smallest absolute Gasteiger partial charge is 0.318 e. The number of rotatable bonds is 19. The van der Waals surface area contributed by atoms with Crippen molar-refractivity contribution in [2.75, 3.05) is 0 Å². The van der Waals surface area contributed by atoms with Gasteiger partial charge in [-0.05, 0) is 169 Å². The molecule has 74 heavy (non-hydrogen) atoms. The van der Waals surface area contributed by atoms with Gasteiger partial charge in [0.2, 0.25) is 11.6 Å². The molecular weight excluding hydrogens is 961 g/mol. The third-order valence-electron chi connectivity index (χ3n) is 13.6. The Bertz CT molecular complexity index is 3540. The lowest BCUT2D eigenvalue weighted by atomic mass is 10.0. The van der Waals surface area contributed by atoms with Gasteiger partial charge in [-0.3, -0.25) is 9.59 Å². The molecule has 4 heterocycles. The third-order valence-corrected chi connectivity index (χ3v) is 15.3. The van der Waals surface area contributed by atoms with Gasteiger partial charge >= 0.3 is 11.9 Å². The number of oxime groups is 2. The molecule has 10 rings (SSSR count). The molecule has 0 fully saturated rings. The van der Waals surface area contributed by atoms with Crippen molar-refractivity contribution in [3.05, 3.63) is 199 Å². The zero-order valence-corrected chi connectivity index (χ0v) is 43.4. The van der Waals surface area contributed by atoms with Crippen molar-refractivity contribution in [3.8, 4) is 11.4 Å². The average molecular weight is 1020 g/mol. The number of carbonyl (C=O) groups excluding carboxylic acids is 4. The highest BCUT2D eigenvalue weighted by molar-refractivity contribution is 7.12. The SMILES string of the molecule is CCc1ccc2c(c1)c1cc(C(=O)c3cccs3)ccc1n2-c1ccc(/C(CCCCCC/C(=N\OC(C)=O)c2ccc(-n3c4ccc(CC)cc4c4cc(C(=O)c5cccs5)ccc43)cc2)=N\OC(C)=O)cc1. The Balaban J connectivity index is 0.829. The molecule has 4 aromatic heterocycles. The number of fused-ring (bicyclic) bond motifs is 6. The fourth-order valence-electron chi connectivity index (χ4n) is 9.79. The molecule has 0 unspecified atom stereocenters. The lowest BCUT2D eigenvalue weighted by Crippen LogP contribution is -2.06. The van der Waals surface area contributed by atoms with Crippen LogP contribution in [0.4, 0.5) is 0 Å². The van der Waals surface area contributed by atoms with Crippen LogP contribution in [0.15, 0.2) is 167 Å². The van der Waals surface area contributed by atoms with Gasteiger partial charge in [0.1, 0.15) is 0 Å². The number of aryl methyl sites for hydroxylation is 2. The van der Waals surface area contributed by atoms with E-state index >= 15 is 0 Å². The lowest BCUT2D eigenvalue weighted by Gasteiger charge is -2.12. The summed E-state index contributed by atoms with van der Waals surface area (Å²) in [4.78, 5) is 62.6. The Labute approximate surface area is 437 Å². The van der Waals surface area contributed by atoms with E-state index in [2.05, 4.69) is 94.0 Å². The second-order valence-electron chi connectivity index (χ2n) is 18.4. The summed E-state index contributed by atoms with van der Waals surface area (Å²) in [5.74, 6) is -0.945. The van der Waals surface area contributed by atoms with E-state index < -0.39 is 11.9 Å². The van der Waals surface area contributed by atoms with E-state index in [1.165, 1.54) is 47.6 Å². The summed E-state index contributed by atoms with van der Waals surface area (Å²) in [5, 5.41) is 16.7. The van der Waals surface area contributed by atoms with Crippen LogP contribution in [0, 0.1) is 0 Å². The van der Waals surface area contributed by atoms with Gasteiger partial charge in [-0.1, -0.05) is 85.5 Å². The molecule has 0 aliphatic heterocycles. The van der Waals surface area contributed by atoms with Gasteiger partial charge in [0.05, 0.1) is 43.2 Å². The van der Waals surface area contributed by atoms with Crippen LogP contribution in [0.5, 0.6) is 0 Å². The minimum atomic E-state index is -0.488. The summed E-state index contributed by atoms with van der Waals surface area (Å²) in [7, 11) is 0. The molecule has 370 valence electrons. The Morgan fingerprint density at radius 1 is 0.446 bits per heavy atom. The summed E-state index contributed by atoms with van der Waals surface area (Å²) in [5.41, 5.74) is 12.8. The van der Waals surface area contributed by atoms with E-state index in [0.717, 1.165) is 105 Å². The molecule has 0 N–H and O–H groups in total. The number of hydrogen-bond acceptors (Lipinski definition) is 10. The summed E-state index contributed by atoms with van der Waals surface area (Å²) in [6, 6.07) is 48.8. The van der Waals surface area contributed by atoms with Gasteiger partial charge < -0.3 is 18.8 Å². The van der Waals surface area contributed by atoms with Gasteiger partial charge in [0.15, 0.2) is 0 Å². The number of unbranched alkanes of at least 4 members (excludes halogenated alkanes) is 3. The Morgan fingerprint density at radius 3 is 1.16 bits per heavy atom. The molecule has 0 aliphatic rings. The molecule has 0 spiro atoms. The monoisotopic (exact) mass is 1010 g/mol. The molecule has 0 amide bonds.